The van der Waals surface area contributed by atoms with E-state index in [0.717, 1.165) is 31.4 Å². The first kappa shape index (κ1) is 13.4. The van der Waals surface area contributed by atoms with E-state index in [1.54, 1.807) is 0 Å². The highest BCUT2D eigenvalue weighted by Gasteiger charge is 2.40. The Balaban J connectivity index is 2.19. The second-order valence-corrected chi connectivity index (χ2v) is 5.20. The summed E-state index contributed by atoms with van der Waals surface area (Å²) < 4.78 is 4.96. The van der Waals surface area contributed by atoms with E-state index in [0.29, 0.717) is 11.4 Å². The molecule has 1 aliphatic heterocycles. The molecule has 1 aromatic rings. The van der Waals surface area contributed by atoms with Gasteiger partial charge in [0.1, 0.15) is 5.54 Å². The van der Waals surface area contributed by atoms with Crippen LogP contribution < -0.4 is 5.32 Å². The van der Waals surface area contributed by atoms with Crippen LogP contribution >= 0.6 is 11.6 Å². The molecule has 0 aliphatic carbocycles. The number of piperidine rings is 1. The van der Waals surface area contributed by atoms with Crippen LogP contribution in [-0.2, 0) is 16.0 Å². The molecule has 4 heteroatoms. The number of rotatable bonds is 3. The molecule has 0 aromatic heterocycles. The number of esters is 1. The van der Waals surface area contributed by atoms with Crippen LogP contribution in [0.15, 0.2) is 24.3 Å². The molecule has 0 saturated carbocycles. The summed E-state index contributed by atoms with van der Waals surface area (Å²) in [6.45, 7) is 0.864. The molecular weight excluding hydrogens is 250 g/mol. The minimum absolute atomic E-state index is 0.169. The summed E-state index contributed by atoms with van der Waals surface area (Å²) in [6, 6.07) is 7.63. The Morgan fingerprint density at radius 2 is 2.11 bits per heavy atom. The SMILES string of the molecule is COC(=O)C1(Cc2ccc(Cl)cc2)CCCCN1. The lowest BCUT2D eigenvalue weighted by molar-refractivity contribution is -0.149. The predicted molar refractivity (Wildman–Crippen MR) is 71.8 cm³/mol. The van der Waals surface area contributed by atoms with E-state index in [9.17, 15) is 4.79 Å². The highest BCUT2D eigenvalue weighted by atomic mass is 35.5. The van der Waals surface area contributed by atoms with Crippen molar-refractivity contribution in [1.82, 2.24) is 5.32 Å². The van der Waals surface area contributed by atoms with E-state index < -0.39 is 5.54 Å². The highest BCUT2D eigenvalue weighted by molar-refractivity contribution is 6.30. The number of hydrogen-bond donors (Lipinski definition) is 1. The van der Waals surface area contributed by atoms with Gasteiger partial charge in [0, 0.05) is 11.4 Å². The molecule has 98 valence electrons. The third-order valence-electron chi connectivity index (χ3n) is 3.49. The quantitative estimate of drug-likeness (QED) is 0.856. The van der Waals surface area contributed by atoms with Crippen LogP contribution in [0.2, 0.25) is 5.02 Å². The summed E-state index contributed by atoms with van der Waals surface area (Å²) in [6.07, 6.45) is 3.63. The first-order chi connectivity index (χ1) is 8.66. The second-order valence-electron chi connectivity index (χ2n) is 4.76. The fourth-order valence-electron chi connectivity index (χ4n) is 2.51. The number of hydrogen-bond acceptors (Lipinski definition) is 3. The summed E-state index contributed by atoms with van der Waals surface area (Å²) in [5.74, 6) is -0.169. The Morgan fingerprint density at radius 1 is 1.39 bits per heavy atom. The molecule has 2 rings (SSSR count). The normalized spacial score (nSPS) is 23.7. The fraction of sp³-hybridized carbons (Fsp3) is 0.500. The van der Waals surface area contributed by atoms with Crippen molar-refractivity contribution in [3.8, 4) is 0 Å². The van der Waals surface area contributed by atoms with E-state index in [1.165, 1.54) is 7.11 Å². The molecule has 1 unspecified atom stereocenters. The van der Waals surface area contributed by atoms with Crippen molar-refractivity contribution >= 4 is 17.6 Å². The topological polar surface area (TPSA) is 38.3 Å². The molecule has 0 bridgehead atoms. The minimum Gasteiger partial charge on any atom is -0.468 e. The Labute approximate surface area is 112 Å². The maximum Gasteiger partial charge on any atom is 0.326 e. The molecule has 18 heavy (non-hydrogen) atoms. The van der Waals surface area contributed by atoms with Gasteiger partial charge in [0.15, 0.2) is 0 Å². The lowest BCUT2D eigenvalue weighted by atomic mass is 9.83. The molecule has 1 atom stereocenters. The number of methoxy groups -OCH3 is 1. The molecule has 1 aliphatic rings. The Bertz CT molecular complexity index is 410. The van der Waals surface area contributed by atoms with E-state index in [1.807, 2.05) is 24.3 Å². The molecular formula is C14H18ClNO2. The second kappa shape index (κ2) is 5.72. The Hall–Kier alpha value is -1.06. The highest BCUT2D eigenvalue weighted by Crippen LogP contribution is 2.26. The fourth-order valence-corrected chi connectivity index (χ4v) is 2.64. The average Bonchev–Trinajstić information content (AvgIpc) is 2.41. The first-order valence-electron chi connectivity index (χ1n) is 6.24. The van der Waals surface area contributed by atoms with Crippen molar-refractivity contribution in [1.29, 1.82) is 0 Å². The van der Waals surface area contributed by atoms with Gasteiger partial charge in [-0.3, -0.25) is 4.79 Å². The van der Waals surface area contributed by atoms with Gasteiger partial charge < -0.3 is 10.1 Å². The summed E-state index contributed by atoms with van der Waals surface area (Å²) in [5, 5.41) is 4.05. The molecule has 3 nitrogen and oxygen atoms in total. The number of carbonyl (C=O) groups excluding carboxylic acids is 1. The van der Waals surface area contributed by atoms with Gasteiger partial charge in [-0.15, -0.1) is 0 Å². The summed E-state index contributed by atoms with van der Waals surface area (Å²) in [7, 11) is 1.45. The Kier molecular flexibility index (Phi) is 4.25. The van der Waals surface area contributed by atoms with Gasteiger partial charge in [-0.1, -0.05) is 23.7 Å². The zero-order chi connectivity index (χ0) is 13.0. The molecule has 1 N–H and O–H groups in total. The molecule has 1 fully saturated rings. The van der Waals surface area contributed by atoms with E-state index in [-0.39, 0.29) is 5.97 Å². The third-order valence-corrected chi connectivity index (χ3v) is 3.74. The van der Waals surface area contributed by atoms with Gasteiger partial charge in [0.2, 0.25) is 0 Å². The van der Waals surface area contributed by atoms with E-state index in [4.69, 9.17) is 16.3 Å². The standard InChI is InChI=1S/C14H18ClNO2/c1-18-13(17)14(8-2-3-9-16-14)10-11-4-6-12(15)7-5-11/h4-7,16H,2-3,8-10H2,1H3. The zero-order valence-corrected chi connectivity index (χ0v) is 11.3. The van der Waals surface area contributed by atoms with Gasteiger partial charge in [0.05, 0.1) is 7.11 Å². The average molecular weight is 268 g/mol. The van der Waals surface area contributed by atoms with Crippen LogP contribution in [0.4, 0.5) is 0 Å². The van der Waals surface area contributed by atoms with Crippen LogP contribution in [0.25, 0.3) is 0 Å². The number of carbonyl (C=O) groups is 1. The Morgan fingerprint density at radius 3 is 2.67 bits per heavy atom. The number of halogens is 1. The van der Waals surface area contributed by atoms with Gasteiger partial charge in [0.25, 0.3) is 0 Å². The van der Waals surface area contributed by atoms with Crippen molar-refractivity contribution in [3.63, 3.8) is 0 Å². The number of benzene rings is 1. The first-order valence-corrected chi connectivity index (χ1v) is 6.62. The van der Waals surface area contributed by atoms with E-state index in [2.05, 4.69) is 5.32 Å². The predicted octanol–water partition coefficient (Wildman–Crippen LogP) is 2.57. The molecule has 1 saturated heterocycles. The number of nitrogens with one attached hydrogen (secondary N) is 1. The lowest BCUT2D eigenvalue weighted by Crippen LogP contribution is -2.56. The molecule has 1 heterocycles. The van der Waals surface area contributed by atoms with Crippen LogP contribution in [0, 0.1) is 0 Å². The summed E-state index contributed by atoms with van der Waals surface area (Å²) >= 11 is 5.87. The molecule has 0 radical (unpaired) electrons. The molecule has 1 aromatic carbocycles. The van der Waals surface area contributed by atoms with Gasteiger partial charge in [-0.25, -0.2) is 0 Å². The van der Waals surface area contributed by atoms with Gasteiger partial charge >= 0.3 is 5.97 Å². The van der Waals surface area contributed by atoms with Crippen LogP contribution in [-0.4, -0.2) is 25.2 Å². The van der Waals surface area contributed by atoms with Crippen molar-refractivity contribution in [2.45, 2.75) is 31.2 Å². The van der Waals surface area contributed by atoms with Crippen molar-refractivity contribution < 1.29 is 9.53 Å². The van der Waals surface area contributed by atoms with Gasteiger partial charge in [-0.2, -0.15) is 0 Å². The minimum atomic E-state index is -0.569. The van der Waals surface area contributed by atoms with Crippen LogP contribution in [0.3, 0.4) is 0 Å². The number of ether oxygens (including phenoxy) is 1. The summed E-state index contributed by atoms with van der Waals surface area (Å²) in [4.78, 5) is 12.0. The molecule has 0 amide bonds. The molecule has 0 spiro atoms. The van der Waals surface area contributed by atoms with Gasteiger partial charge in [-0.05, 0) is 43.5 Å². The van der Waals surface area contributed by atoms with Crippen molar-refractivity contribution in [2.24, 2.45) is 0 Å². The maximum absolute atomic E-state index is 12.0. The smallest absolute Gasteiger partial charge is 0.326 e. The maximum atomic E-state index is 12.0. The lowest BCUT2D eigenvalue weighted by Gasteiger charge is -2.35. The summed E-state index contributed by atoms with van der Waals surface area (Å²) in [5.41, 5.74) is 0.528. The third kappa shape index (κ3) is 2.85. The monoisotopic (exact) mass is 267 g/mol. The van der Waals surface area contributed by atoms with Crippen molar-refractivity contribution in [3.05, 3.63) is 34.9 Å². The largest absolute Gasteiger partial charge is 0.468 e. The van der Waals surface area contributed by atoms with Crippen molar-refractivity contribution in [2.75, 3.05) is 13.7 Å². The zero-order valence-electron chi connectivity index (χ0n) is 10.5. The van der Waals surface area contributed by atoms with E-state index >= 15 is 0 Å². The van der Waals surface area contributed by atoms with Crippen LogP contribution in [0.5, 0.6) is 0 Å². The van der Waals surface area contributed by atoms with Crippen LogP contribution in [0.1, 0.15) is 24.8 Å².